The zero-order chi connectivity index (χ0) is 13.1. The zero-order valence-electron chi connectivity index (χ0n) is 11.2. The van der Waals surface area contributed by atoms with E-state index in [-0.39, 0.29) is 0 Å². The lowest BCUT2D eigenvalue weighted by Crippen LogP contribution is -2.00. The summed E-state index contributed by atoms with van der Waals surface area (Å²) in [4.78, 5) is 4.80. The highest BCUT2D eigenvalue weighted by atomic mass is 15.1. The number of hydrogen-bond acceptors (Lipinski definition) is 1. The van der Waals surface area contributed by atoms with Crippen LogP contribution in [-0.4, -0.2) is 9.55 Å². The molecule has 0 aliphatic heterocycles. The molecule has 19 heavy (non-hydrogen) atoms. The second-order valence-corrected chi connectivity index (χ2v) is 4.80. The number of hydrogen-bond donors (Lipinski definition) is 0. The summed E-state index contributed by atoms with van der Waals surface area (Å²) in [7, 11) is 0. The van der Waals surface area contributed by atoms with Crippen LogP contribution in [0.15, 0.2) is 54.6 Å². The average Bonchev–Trinajstić information content (AvgIpc) is 2.85. The summed E-state index contributed by atoms with van der Waals surface area (Å²) in [5, 5.41) is 0. The summed E-state index contributed by atoms with van der Waals surface area (Å²) >= 11 is 0. The Balaban J connectivity index is 2.17. The first-order chi connectivity index (χ1) is 9.40. The van der Waals surface area contributed by atoms with Gasteiger partial charge in [-0.3, -0.25) is 0 Å². The van der Waals surface area contributed by atoms with Gasteiger partial charge in [0, 0.05) is 12.1 Å². The van der Waals surface area contributed by atoms with Crippen LogP contribution in [0.2, 0.25) is 0 Å². The third-order valence-corrected chi connectivity index (χ3v) is 3.42. The lowest BCUT2D eigenvalue weighted by molar-refractivity contribution is 0.651. The standard InChI is InChI=1S/C17H18N2/c1-2-3-13-19-16-12-8-7-11-15(16)18-17(19)14-9-5-4-6-10-14/h4-12H,2-3,13H2,1H3. The van der Waals surface area contributed by atoms with Crippen LogP contribution in [0.25, 0.3) is 22.4 Å². The zero-order valence-corrected chi connectivity index (χ0v) is 11.2. The monoisotopic (exact) mass is 250 g/mol. The summed E-state index contributed by atoms with van der Waals surface area (Å²) in [5.41, 5.74) is 3.50. The minimum atomic E-state index is 1.03. The van der Waals surface area contributed by atoms with E-state index in [0.29, 0.717) is 0 Å². The normalized spacial score (nSPS) is 11.0. The fourth-order valence-electron chi connectivity index (χ4n) is 2.43. The fraction of sp³-hybridized carbons (Fsp3) is 0.235. The molecule has 2 nitrogen and oxygen atoms in total. The lowest BCUT2D eigenvalue weighted by Gasteiger charge is -2.08. The van der Waals surface area contributed by atoms with E-state index in [0.717, 1.165) is 17.9 Å². The van der Waals surface area contributed by atoms with Crippen molar-refractivity contribution >= 4 is 11.0 Å². The fourth-order valence-corrected chi connectivity index (χ4v) is 2.43. The number of fused-ring (bicyclic) bond motifs is 1. The number of para-hydroxylation sites is 2. The summed E-state index contributed by atoms with van der Waals surface area (Å²) in [6, 6.07) is 18.8. The lowest BCUT2D eigenvalue weighted by atomic mass is 10.2. The van der Waals surface area contributed by atoms with E-state index in [1.807, 2.05) is 12.1 Å². The molecule has 0 fully saturated rings. The quantitative estimate of drug-likeness (QED) is 0.666. The highest BCUT2D eigenvalue weighted by Crippen LogP contribution is 2.25. The van der Waals surface area contributed by atoms with Crippen molar-refractivity contribution in [2.24, 2.45) is 0 Å². The molecule has 96 valence electrons. The molecule has 0 N–H and O–H groups in total. The van der Waals surface area contributed by atoms with Crippen LogP contribution in [0, 0.1) is 0 Å². The van der Waals surface area contributed by atoms with Gasteiger partial charge in [0.25, 0.3) is 0 Å². The molecular formula is C17H18N2. The summed E-state index contributed by atoms with van der Waals surface area (Å²) < 4.78 is 2.34. The second kappa shape index (κ2) is 5.27. The van der Waals surface area contributed by atoms with Crippen molar-refractivity contribution in [3.63, 3.8) is 0 Å². The number of benzene rings is 2. The predicted molar refractivity (Wildman–Crippen MR) is 80.1 cm³/mol. The van der Waals surface area contributed by atoms with Crippen LogP contribution < -0.4 is 0 Å². The first-order valence-corrected chi connectivity index (χ1v) is 6.91. The molecule has 0 spiro atoms. The largest absolute Gasteiger partial charge is 0.324 e. The maximum Gasteiger partial charge on any atom is 0.141 e. The molecule has 0 saturated carbocycles. The highest BCUT2D eigenvalue weighted by Gasteiger charge is 2.11. The molecule has 0 amide bonds. The van der Waals surface area contributed by atoms with Crippen molar-refractivity contribution in [1.29, 1.82) is 0 Å². The number of unbranched alkanes of at least 4 members (excludes halogenated alkanes) is 1. The summed E-state index contributed by atoms with van der Waals surface area (Å²) in [5.74, 6) is 1.08. The van der Waals surface area contributed by atoms with Crippen LogP contribution in [0.3, 0.4) is 0 Å². The number of rotatable bonds is 4. The molecule has 2 heteroatoms. The highest BCUT2D eigenvalue weighted by molar-refractivity contribution is 5.80. The van der Waals surface area contributed by atoms with E-state index >= 15 is 0 Å². The number of aromatic nitrogens is 2. The van der Waals surface area contributed by atoms with Gasteiger partial charge in [0.15, 0.2) is 0 Å². The van der Waals surface area contributed by atoms with Crippen molar-refractivity contribution in [2.75, 3.05) is 0 Å². The van der Waals surface area contributed by atoms with E-state index in [4.69, 9.17) is 4.98 Å². The molecule has 0 radical (unpaired) electrons. The van der Waals surface area contributed by atoms with Gasteiger partial charge in [0.1, 0.15) is 5.82 Å². The molecule has 0 bridgehead atoms. The first kappa shape index (κ1) is 12.0. The van der Waals surface area contributed by atoms with Gasteiger partial charge in [-0.25, -0.2) is 4.98 Å². The van der Waals surface area contributed by atoms with E-state index in [9.17, 15) is 0 Å². The molecule has 1 heterocycles. The van der Waals surface area contributed by atoms with Crippen LogP contribution in [0.5, 0.6) is 0 Å². The van der Waals surface area contributed by atoms with Crippen molar-refractivity contribution in [3.05, 3.63) is 54.6 Å². The first-order valence-electron chi connectivity index (χ1n) is 6.91. The average molecular weight is 250 g/mol. The van der Waals surface area contributed by atoms with E-state index in [1.54, 1.807) is 0 Å². The molecule has 0 unspecified atom stereocenters. The Morgan fingerprint density at radius 2 is 1.68 bits per heavy atom. The number of nitrogens with zero attached hydrogens (tertiary/aromatic N) is 2. The number of imidazole rings is 1. The topological polar surface area (TPSA) is 17.8 Å². The number of aryl methyl sites for hydroxylation is 1. The smallest absolute Gasteiger partial charge is 0.141 e. The van der Waals surface area contributed by atoms with Crippen LogP contribution in [0.4, 0.5) is 0 Å². The maximum absolute atomic E-state index is 4.80. The molecule has 0 aliphatic rings. The van der Waals surface area contributed by atoms with Crippen molar-refractivity contribution in [2.45, 2.75) is 26.3 Å². The Bertz CT molecular complexity index is 668. The van der Waals surface area contributed by atoms with E-state index in [1.165, 1.54) is 23.9 Å². The maximum atomic E-state index is 4.80. The Kier molecular flexibility index (Phi) is 3.32. The van der Waals surface area contributed by atoms with Crippen LogP contribution >= 0.6 is 0 Å². The van der Waals surface area contributed by atoms with Crippen molar-refractivity contribution < 1.29 is 0 Å². The van der Waals surface area contributed by atoms with Gasteiger partial charge < -0.3 is 4.57 Å². The minimum Gasteiger partial charge on any atom is -0.324 e. The van der Waals surface area contributed by atoms with Gasteiger partial charge in [0.05, 0.1) is 11.0 Å². The van der Waals surface area contributed by atoms with Gasteiger partial charge in [-0.2, -0.15) is 0 Å². The van der Waals surface area contributed by atoms with E-state index < -0.39 is 0 Å². The Morgan fingerprint density at radius 3 is 2.47 bits per heavy atom. The Labute approximate surface area is 113 Å². The molecule has 3 rings (SSSR count). The van der Waals surface area contributed by atoms with Gasteiger partial charge in [-0.05, 0) is 18.6 Å². The Morgan fingerprint density at radius 1 is 0.947 bits per heavy atom. The molecule has 1 aromatic heterocycles. The molecule has 0 aliphatic carbocycles. The Hall–Kier alpha value is -2.09. The SMILES string of the molecule is CCCCn1c(-c2ccccc2)nc2ccccc21. The predicted octanol–water partition coefficient (Wildman–Crippen LogP) is 4.50. The second-order valence-electron chi connectivity index (χ2n) is 4.80. The van der Waals surface area contributed by atoms with Crippen LogP contribution in [-0.2, 0) is 6.54 Å². The molecular weight excluding hydrogens is 232 g/mol. The molecule has 3 aromatic rings. The molecule has 2 aromatic carbocycles. The molecule has 0 saturated heterocycles. The third kappa shape index (κ3) is 2.26. The van der Waals surface area contributed by atoms with Gasteiger partial charge in [-0.1, -0.05) is 55.8 Å². The van der Waals surface area contributed by atoms with Crippen molar-refractivity contribution in [3.8, 4) is 11.4 Å². The third-order valence-electron chi connectivity index (χ3n) is 3.42. The summed E-state index contributed by atoms with van der Waals surface area (Å²) in [6.07, 6.45) is 2.38. The van der Waals surface area contributed by atoms with Gasteiger partial charge in [0.2, 0.25) is 0 Å². The summed E-state index contributed by atoms with van der Waals surface area (Å²) in [6.45, 7) is 3.25. The van der Waals surface area contributed by atoms with Crippen LogP contribution in [0.1, 0.15) is 19.8 Å². The minimum absolute atomic E-state index is 1.03. The van der Waals surface area contributed by atoms with E-state index in [2.05, 4.69) is 54.0 Å². The van der Waals surface area contributed by atoms with Crippen molar-refractivity contribution in [1.82, 2.24) is 9.55 Å². The molecule has 0 atom stereocenters. The van der Waals surface area contributed by atoms with Gasteiger partial charge >= 0.3 is 0 Å². The van der Waals surface area contributed by atoms with Gasteiger partial charge in [-0.15, -0.1) is 0 Å².